The maximum Gasteiger partial charge on any atom is 0.0564 e. The number of rotatable bonds is 2. The molecule has 1 saturated carbocycles. The fourth-order valence-electron chi connectivity index (χ4n) is 2.90. The van der Waals surface area contributed by atoms with Crippen LogP contribution in [0.3, 0.4) is 0 Å². The summed E-state index contributed by atoms with van der Waals surface area (Å²) < 4.78 is 0. The zero-order chi connectivity index (χ0) is 10.7. The molecule has 0 spiro atoms. The van der Waals surface area contributed by atoms with Gasteiger partial charge in [0.05, 0.1) is 6.10 Å². The van der Waals surface area contributed by atoms with Crippen molar-refractivity contribution >= 4 is 0 Å². The highest BCUT2D eigenvalue weighted by atomic mass is 16.3. The van der Waals surface area contributed by atoms with Gasteiger partial charge in [0, 0.05) is 25.7 Å². The van der Waals surface area contributed by atoms with Gasteiger partial charge in [-0.05, 0) is 31.6 Å². The Labute approximate surface area is 92.6 Å². The van der Waals surface area contributed by atoms with Crippen molar-refractivity contribution in [1.82, 2.24) is 4.90 Å². The third-order valence-corrected chi connectivity index (χ3v) is 4.02. The number of hydrogen-bond donors (Lipinski definition) is 2. The molecule has 0 aromatic heterocycles. The van der Waals surface area contributed by atoms with Crippen LogP contribution < -0.4 is 5.73 Å². The van der Waals surface area contributed by atoms with Crippen molar-refractivity contribution < 1.29 is 5.11 Å². The van der Waals surface area contributed by atoms with Gasteiger partial charge in [0.25, 0.3) is 0 Å². The lowest BCUT2D eigenvalue weighted by atomic mass is 9.84. The SMILES string of the molecule is NC1CCCCC1CN1CCC(O)CC1. The number of nitrogens with two attached hydrogens (primary N) is 1. The summed E-state index contributed by atoms with van der Waals surface area (Å²) >= 11 is 0. The summed E-state index contributed by atoms with van der Waals surface area (Å²) in [4.78, 5) is 2.49. The Balaban J connectivity index is 1.75. The normalized spacial score (nSPS) is 35.6. The number of aliphatic hydroxyl groups is 1. The molecule has 1 aliphatic heterocycles. The van der Waals surface area contributed by atoms with Crippen molar-refractivity contribution in [1.29, 1.82) is 0 Å². The highest BCUT2D eigenvalue weighted by molar-refractivity contribution is 4.82. The molecule has 0 aromatic rings. The van der Waals surface area contributed by atoms with E-state index < -0.39 is 0 Å². The van der Waals surface area contributed by atoms with Gasteiger partial charge < -0.3 is 15.7 Å². The molecule has 2 atom stereocenters. The van der Waals surface area contributed by atoms with Gasteiger partial charge in [0.15, 0.2) is 0 Å². The Morgan fingerprint density at radius 1 is 1.07 bits per heavy atom. The fraction of sp³-hybridized carbons (Fsp3) is 1.00. The van der Waals surface area contributed by atoms with E-state index in [-0.39, 0.29) is 6.10 Å². The van der Waals surface area contributed by atoms with E-state index in [0.717, 1.165) is 32.5 Å². The Bertz CT molecular complexity index is 190. The van der Waals surface area contributed by atoms with E-state index in [2.05, 4.69) is 4.90 Å². The first kappa shape index (κ1) is 11.4. The van der Waals surface area contributed by atoms with Crippen molar-refractivity contribution in [2.24, 2.45) is 11.7 Å². The van der Waals surface area contributed by atoms with Crippen LogP contribution in [-0.2, 0) is 0 Å². The molecule has 3 N–H and O–H groups in total. The topological polar surface area (TPSA) is 49.5 Å². The summed E-state index contributed by atoms with van der Waals surface area (Å²) in [6.45, 7) is 3.28. The Morgan fingerprint density at radius 3 is 2.40 bits per heavy atom. The summed E-state index contributed by atoms with van der Waals surface area (Å²) in [5.74, 6) is 0.703. The summed E-state index contributed by atoms with van der Waals surface area (Å²) in [6, 6.07) is 0.422. The quantitative estimate of drug-likeness (QED) is 0.717. The van der Waals surface area contributed by atoms with Crippen LogP contribution in [0.15, 0.2) is 0 Å². The maximum absolute atomic E-state index is 9.43. The van der Waals surface area contributed by atoms with Crippen LogP contribution in [0.5, 0.6) is 0 Å². The molecule has 1 heterocycles. The summed E-state index contributed by atoms with van der Waals surface area (Å²) in [6.07, 6.45) is 7.03. The standard InChI is InChI=1S/C12H24N2O/c13-12-4-2-1-3-10(12)9-14-7-5-11(15)6-8-14/h10-12,15H,1-9,13H2. The van der Waals surface area contributed by atoms with Gasteiger partial charge in [-0.25, -0.2) is 0 Å². The van der Waals surface area contributed by atoms with Crippen molar-refractivity contribution in [3.63, 3.8) is 0 Å². The lowest BCUT2D eigenvalue weighted by Gasteiger charge is -2.36. The Kier molecular flexibility index (Phi) is 4.00. The minimum Gasteiger partial charge on any atom is -0.393 e. The molecular formula is C12H24N2O. The summed E-state index contributed by atoms with van der Waals surface area (Å²) in [7, 11) is 0. The summed E-state index contributed by atoms with van der Waals surface area (Å²) in [5, 5.41) is 9.43. The van der Waals surface area contributed by atoms with E-state index in [1.165, 1.54) is 25.7 Å². The van der Waals surface area contributed by atoms with Crippen molar-refractivity contribution in [3.05, 3.63) is 0 Å². The van der Waals surface area contributed by atoms with Gasteiger partial charge in [-0.3, -0.25) is 0 Å². The lowest BCUT2D eigenvalue weighted by Crippen LogP contribution is -2.44. The highest BCUT2D eigenvalue weighted by Crippen LogP contribution is 2.24. The molecule has 3 heteroatoms. The number of nitrogens with zero attached hydrogens (tertiary/aromatic N) is 1. The largest absolute Gasteiger partial charge is 0.393 e. The average molecular weight is 212 g/mol. The molecule has 1 aliphatic carbocycles. The number of hydrogen-bond acceptors (Lipinski definition) is 3. The van der Waals surface area contributed by atoms with Gasteiger partial charge in [0.2, 0.25) is 0 Å². The van der Waals surface area contributed by atoms with Gasteiger partial charge >= 0.3 is 0 Å². The zero-order valence-corrected chi connectivity index (χ0v) is 9.57. The molecular weight excluding hydrogens is 188 g/mol. The third-order valence-electron chi connectivity index (χ3n) is 4.02. The van der Waals surface area contributed by atoms with Crippen LogP contribution >= 0.6 is 0 Å². The lowest BCUT2D eigenvalue weighted by molar-refractivity contribution is 0.0685. The molecule has 2 unspecified atom stereocenters. The highest BCUT2D eigenvalue weighted by Gasteiger charge is 2.25. The second-order valence-electron chi connectivity index (χ2n) is 5.24. The zero-order valence-electron chi connectivity index (χ0n) is 9.57. The fourth-order valence-corrected chi connectivity index (χ4v) is 2.90. The van der Waals surface area contributed by atoms with E-state index in [9.17, 15) is 5.11 Å². The molecule has 2 fully saturated rings. The third kappa shape index (κ3) is 3.16. The van der Waals surface area contributed by atoms with Crippen LogP contribution in [0.1, 0.15) is 38.5 Å². The molecule has 0 bridgehead atoms. The van der Waals surface area contributed by atoms with Crippen molar-refractivity contribution in [2.45, 2.75) is 50.7 Å². The molecule has 2 aliphatic rings. The Hall–Kier alpha value is -0.120. The van der Waals surface area contributed by atoms with E-state index in [4.69, 9.17) is 5.73 Å². The second-order valence-corrected chi connectivity index (χ2v) is 5.24. The van der Waals surface area contributed by atoms with Crippen LogP contribution in [0, 0.1) is 5.92 Å². The first-order chi connectivity index (χ1) is 7.25. The molecule has 0 radical (unpaired) electrons. The van der Waals surface area contributed by atoms with Crippen LogP contribution in [0.2, 0.25) is 0 Å². The van der Waals surface area contributed by atoms with E-state index in [0.29, 0.717) is 12.0 Å². The maximum atomic E-state index is 9.43. The molecule has 0 amide bonds. The van der Waals surface area contributed by atoms with Gasteiger partial charge in [-0.2, -0.15) is 0 Å². The Morgan fingerprint density at radius 2 is 1.73 bits per heavy atom. The average Bonchev–Trinajstić information content (AvgIpc) is 2.25. The molecule has 3 nitrogen and oxygen atoms in total. The number of likely N-dealkylation sites (tertiary alicyclic amines) is 1. The monoisotopic (exact) mass is 212 g/mol. The molecule has 88 valence electrons. The molecule has 0 aromatic carbocycles. The number of aliphatic hydroxyl groups excluding tert-OH is 1. The number of piperidine rings is 1. The van der Waals surface area contributed by atoms with Crippen molar-refractivity contribution in [3.8, 4) is 0 Å². The van der Waals surface area contributed by atoms with E-state index in [1.807, 2.05) is 0 Å². The first-order valence-electron chi connectivity index (χ1n) is 6.41. The van der Waals surface area contributed by atoms with E-state index >= 15 is 0 Å². The van der Waals surface area contributed by atoms with Gasteiger partial charge in [-0.15, -0.1) is 0 Å². The van der Waals surface area contributed by atoms with Gasteiger partial charge in [0.1, 0.15) is 0 Å². The van der Waals surface area contributed by atoms with Crippen LogP contribution in [0.25, 0.3) is 0 Å². The molecule has 15 heavy (non-hydrogen) atoms. The minimum atomic E-state index is -0.0544. The first-order valence-corrected chi connectivity index (χ1v) is 6.41. The van der Waals surface area contributed by atoms with E-state index in [1.54, 1.807) is 0 Å². The van der Waals surface area contributed by atoms with Crippen LogP contribution in [-0.4, -0.2) is 41.8 Å². The second kappa shape index (κ2) is 5.28. The summed E-state index contributed by atoms with van der Waals surface area (Å²) in [5.41, 5.74) is 6.15. The smallest absolute Gasteiger partial charge is 0.0564 e. The minimum absolute atomic E-state index is 0.0544. The van der Waals surface area contributed by atoms with Gasteiger partial charge in [-0.1, -0.05) is 12.8 Å². The molecule has 2 rings (SSSR count). The predicted octanol–water partition coefficient (Wildman–Crippen LogP) is 0.961. The molecule has 1 saturated heterocycles. The van der Waals surface area contributed by atoms with Crippen LogP contribution in [0.4, 0.5) is 0 Å². The van der Waals surface area contributed by atoms with Crippen molar-refractivity contribution in [2.75, 3.05) is 19.6 Å². The predicted molar refractivity (Wildman–Crippen MR) is 61.6 cm³/mol.